The molecule has 684 valence electrons. The number of fused-ring (bicyclic) bond motifs is 5. The maximum atomic E-state index is 13.2. The van der Waals surface area contributed by atoms with Gasteiger partial charge in [0.15, 0.2) is 27.8 Å². The first-order valence-corrected chi connectivity index (χ1v) is 43.6. The van der Waals surface area contributed by atoms with Gasteiger partial charge in [-0.05, 0) is 175 Å². The van der Waals surface area contributed by atoms with Crippen LogP contribution in [0.4, 0.5) is 74.6 Å². The molecule has 10 aromatic heterocycles. The molecular weight excluding hydrogens is 1880 g/mol. The smallest absolute Gasteiger partial charge is 0.282 e. The lowest BCUT2D eigenvalue weighted by Crippen LogP contribution is -2.44. The predicted molar refractivity (Wildman–Crippen MR) is 521 cm³/mol. The van der Waals surface area contributed by atoms with Gasteiger partial charge < -0.3 is 60.2 Å². The first kappa shape index (κ1) is 93.2. The van der Waals surface area contributed by atoms with Crippen LogP contribution in [0.1, 0.15) is 51.8 Å². The molecule has 22 rings (SSSR count). The highest BCUT2D eigenvalue weighted by atomic mass is 35.5. The van der Waals surface area contributed by atoms with E-state index in [2.05, 4.69) is 107 Å². The van der Waals surface area contributed by atoms with E-state index in [1.807, 2.05) is 109 Å². The maximum absolute atomic E-state index is 13.2. The van der Waals surface area contributed by atoms with Crippen molar-refractivity contribution >= 4 is 240 Å². The summed E-state index contributed by atoms with van der Waals surface area (Å²) in [6.45, 7) is 8.38. The van der Waals surface area contributed by atoms with E-state index in [0.29, 0.717) is 95.2 Å². The van der Waals surface area contributed by atoms with Crippen LogP contribution in [0.3, 0.4) is 0 Å². The summed E-state index contributed by atoms with van der Waals surface area (Å²) in [7, 11) is 11.4. The molecule has 2 saturated heterocycles. The number of para-hydroxylation sites is 5. The number of nitrogens with one attached hydrogen (secondary N) is 3. The van der Waals surface area contributed by atoms with Crippen molar-refractivity contribution in [3.05, 3.63) is 299 Å². The van der Waals surface area contributed by atoms with Crippen molar-refractivity contribution < 1.29 is 43.3 Å². The second-order valence-electron chi connectivity index (χ2n) is 30.4. The molecule has 5 aliphatic heterocycles. The fourth-order valence-corrected chi connectivity index (χ4v) is 16.9. The Labute approximate surface area is 801 Å². The lowest BCUT2D eigenvalue weighted by molar-refractivity contribution is -0.385. The number of likely N-dealkylation sites (N-methyl/N-ethyl adjacent to an activating group) is 2. The van der Waals surface area contributed by atoms with E-state index in [0.717, 1.165) is 102 Å². The molecule has 15 heterocycles. The van der Waals surface area contributed by atoms with Gasteiger partial charge in [-0.3, -0.25) is 62.5 Å². The van der Waals surface area contributed by atoms with Crippen molar-refractivity contribution in [2.75, 3.05) is 131 Å². The van der Waals surface area contributed by atoms with E-state index in [9.17, 15) is 44.2 Å². The van der Waals surface area contributed by atoms with Gasteiger partial charge >= 0.3 is 0 Å². The fourth-order valence-electron chi connectivity index (χ4n) is 15.5. The third-order valence-electron chi connectivity index (χ3n) is 22.2. The average Bonchev–Trinajstić information content (AvgIpc) is 1.60. The topological polar surface area (TPSA) is 424 Å². The summed E-state index contributed by atoms with van der Waals surface area (Å²) in [5.74, 6) is 2.86. The normalized spacial score (nSPS) is 13.5. The molecule has 2 fully saturated rings. The monoisotopic (exact) mass is 1950 g/mol. The Balaban J connectivity index is 0.000000118. The molecule has 0 aliphatic carbocycles. The number of hydrogen-bond acceptors (Lipinski definition) is 30. The summed E-state index contributed by atoms with van der Waals surface area (Å²) in [6.07, 6.45) is 8.31. The van der Waals surface area contributed by atoms with Crippen LogP contribution < -0.4 is 45.4 Å². The minimum Gasteiger partial charge on any atom is -0.495 e. The zero-order valence-corrected chi connectivity index (χ0v) is 77.3. The quantitative estimate of drug-likeness (QED) is 0.0247. The molecule has 0 radical (unpaired) electrons. The van der Waals surface area contributed by atoms with Gasteiger partial charge in [-0.25, -0.2) is 34.9 Å². The Morgan fingerprint density at radius 2 is 0.896 bits per heavy atom. The number of nitrogens with two attached hydrogens (primary N) is 1. The highest BCUT2D eigenvalue weighted by Gasteiger charge is 2.32. The molecule has 0 spiro atoms. The highest BCUT2D eigenvalue weighted by molar-refractivity contribution is 6.68. The van der Waals surface area contributed by atoms with Crippen LogP contribution in [-0.2, 0) is 0 Å². The number of anilines is 11. The number of nitro groups is 2. The zero-order valence-electron chi connectivity index (χ0n) is 72.0. The summed E-state index contributed by atoms with van der Waals surface area (Å²) in [4.78, 5) is 140. The number of halogens is 7. The number of aromatic amines is 1. The first-order valence-electron chi connectivity index (χ1n) is 41.0. The standard InChI is InChI=1S/C26H27N7O2.C14H9ClN4O.C13H6Cl2N4O3.C13H7ClN4O.C12H19N3O.C7H4ClNO3.C6H3Cl2N3/c1-30-12-14-32(15-13-30)17-8-9-19(22(16-17)35-3)27-26-28-20-10-11-33-23(20)24(29-26)31(2)21-7-5-4-6-18(21)25(33)34;1-18-10-5-3-2-4-8(10)13(20)19-7-6-9-11(19)12(18)17-14(15)16-9;14-11-10-8(16-13(15)17-11)5-6-18(10)12(20)7-3-1-2-4-9(7)19(21)22;14-13-16-9-5-6-18-10(9)11(17-13)15-8-4-2-1-3-7(8)12(18)19;1-14-5-7-15(8-6-14)10-3-4-11(13)12(9-10)16-2;8-7(10)5-3-1-2-4-6(5)9(11)12;7-5-4-3(1-2-9-4)10-6(8)11-5/h4-11,16H,12-15H2,1-3H3,(H,27,28,29);2-7H,1H3;1-6H;1-6H,(H,15,16,17);3-4,9H,5-8,13H2,1-2H3;1-4H;1-2,9H. The maximum Gasteiger partial charge on any atom is 0.282 e. The number of aromatic nitrogens is 15. The molecule has 7 aromatic carbocycles. The number of nitrogen functional groups attached to an aromatic ring is 1. The van der Waals surface area contributed by atoms with Gasteiger partial charge in [-0.15, -0.1) is 0 Å². The Hall–Kier alpha value is -15.1. The van der Waals surface area contributed by atoms with Crippen molar-refractivity contribution in [2.45, 2.75) is 0 Å². The van der Waals surface area contributed by atoms with Crippen LogP contribution in [0.25, 0.3) is 55.2 Å². The Bertz CT molecular complexity index is 7490. The van der Waals surface area contributed by atoms with Crippen molar-refractivity contribution in [3.8, 4) is 11.5 Å². The van der Waals surface area contributed by atoms with E-state index in [1.54, 1.807) is 89.1 Å². The molecular formula is C91H75Cl7N26O11. The molecule has 0 atom stereocenters. The lowest BCUT2D eigenvalue weighted by atomic mass is 10.1. The van der Waals surface area contributed by atoms with Crippen LogP contribution in [0.15, 0.2) is 219 Å². The van der Waals surface area contributed by atoms with Gasteiger partial charge in [0.25, 0.3) is 40.2 Å². The predicted octanol–water partition coefficient (Wildman–Crippen LogP) is 18.0. The minimum absolute atomic E-state index is 0.00747. The van der Waals surface area contributed by atoms with Crippen molar-refractivity contribution in [3.63, 3.8) is 0 Å². The van der Waals surface area contributed by atoms with Gasteiger partial charge in [0.1, 0.15) is 50.2 Å². The molecule has 17 aromatic rings. The van der Waals surface area contributed by atoms with Crippen LogP contribution in [0.2, 0.25) is 31.4 Å². The molecule has 5 aliphatic rings. The van der Waals surface area contributed by atoms with Crippen LogP contribution >= 0.6 is 81.2 Å². The van der Waals surface area contributed by atoms with Crippen LogP contribution in [0.5, 0.6) is 11.5 Å². The summed E-state index contributed by atoms with van der Waals surface area (Å²) >= 11 is 40.0. The molecule has 0 bridgehead atoms. The molecule has 0 amide bonds. The summed E-state index contributed by atoms with van der Waals surface area (Å²) in [5.41, 5.74) is 19.2. The fraction of sp³-hybridized carbons (Fsp3) is 0.154. The van der Waals surface area contributed by atoms with E-state index in [1.165, 1.54) is 60.4 Å². The van der Waals surface area contributed by atoms with E-state index in [-0.39, 0.29) is 72.0 Å². The number of rotatable bonds is 10. The lowest BCUT2D eigenvalue weighted by Gasteiger charge is -2.34. The number of nitrogens with zero attached hydrogens (tertiary/aromatic N) is 22. The SMILES string of the molecule is CN1c2ccccc2C(=O)n2ccc3nc(Cl)nc1c32.COc1cc(N2CCN(C)CC2)ccc1N.COc1cc(N2CCN(C)CC2)ccc1Nc1nc2c3c(ccn3C(=O)c3ccccc3N2C)n1.Clc1nc(Cl)c2[nH]ccc2n1.O=C(Cl)c1ccccc1[N+](=O)[O-].O=C(c1ccccc1[N+](=O)[O-])n1ccc2nc(Cl)nc(Cl)c21.O=C1c2ccccc2Nc2nc(Cl)nc3ccn1c23. The third kappa shape index (κ3) is 19.6. The van der Waals surface area contributed by atoms with Gasteiger partial charge in [0.2, 0.25) is 27.1 Å². The van der Waals surface area contributed by atoms with Gasteiger partial charge in [-0.1, -0.05) is 83.9 Å². The molecule has 135 heavy (non-hydrogen) atoms. The Morgan fingerprint density at radius 3 is 1.46 bits per heavy atom. The highest BCUT2D eigenvalue weighted by Crippen LogP contribution is 2.42. The number of carbonyl (C=O) groups excluding carboxylic acids is 5. The number of methoxy groups -OCH3 is 2. The molecule has 5 N–H and O–H groups in total. The minimum atomic E-state index is -0.817. The van der Waals surface area contributed by atoms with Gasteiger partial charge in [0.05, 0.1) is 96.8 Å². The second-order valence-corrected chi connectivity index (χ2v) is 32.8. The number of carbonyl (C=O) groups is 5. The number of piperazine rings is 2. The number of hydrogen-bond donors (Lipinski definition) is 4. The summed E-state index contributed by atoms with van der Waals surface area (Å²) in [5, 5.41) is 27.8. The van der Waals surface area contributed by atoms with Gasteiger partial charge in [0, 0.05) is 133 Å². The molecule has 37 nitrogen and oxygen atoms in total. The average molecular weight is 1960 g/mol. The number of H-pyrrole nitrogens is 1. The largest absolute Gasteiger partial charge is 0.495 e. The van der Waals surface area contributed by atoms with E-state index in [4.69, 9.17) is 106 Å². The van der Waals surface area contributed by atoms with Crippen molar-refractivity contribution in [2.24, 2.45) is 0 Å². The number of nitro benzene ring substituents is 2. The van der Waals surface area contributed by atoms with Crippen molar-refractivity contribution in [1.29, 1.82) is 0 Å². The number of benzene rings is 7. The summed E-state index contributed by atoms with van der Waals surface area (Å²) < 4.78 is 16.9. The van der Waals surface area contributed by atoms with Crippen LogP contribution in [0, 0.1) is 20.2 Å². The van der Waals surface area contributed by atoms with E-state index >= 15 is 0 Å². The summed E-state index contributed by atoms with van der Waals surface area (Å²) in [6, 6.07) is 54.3. The molecule has 0 saturated carbocycles. The number of ether oxygens (including phenoxy) is 2. The van der Waals surface area contributed by atoms with E-state index < -0.39 is 21.0 Å². The Morgan fingerprint density at radius 1 is 0.452 bits per heavy atom. The first-order chi connectivity index (χ1) is 65.0. The Kier molecular flexibility index (Phi) is 27.7. The molecule has 44 heteroatoms. The third-order valence-corrected chi connectivity index (χ3v) is 23.7. The second kappa shape index (κ2) is 40.2. The van der Waals surface area contributed by atoms with Crippen LogP contribution in [-0.4, -0.2) is 216 Å². The molecule has 0 unspecified atom stereocenters. The van der Waals surface area contributed by atoms with Crippen molar-refractivity contribution in [1.82, 2.24) is 82.9 Å². The zero-order chi connectivity index (χ0) is 95.3. The van der Waals surface area contributed by atoms with Gasteiger partial charge in [-0.2, -0.15) is 15.0 Å².